The van der Waals surface area contributed by atoms with Crippen LogP contribution < -0.4 is 10.6 Å². The molecular weight excluding hydrogens is 234 g/mol. The summed E-state index contributed by atoms with van der Waals surface area (Å²) >= 11 is 0. The maximum Gasteiger partial charge on any atom is 0.316 e. The Morgan fingerprint density at radius 1 is 1.33 bits per heavy atom. The van der Waals surface area contributed by atoms with Crippen LogP contribution in [0.15, 0.2) is 15.0 Å². The molecule has 2 aromatic heterocycles. The molecule has 0 amide bonds. The van der Waals surface area contributed by atoms with Crippen LogP contribution in [-0.4, -0.2) is 21.7 Å². The number of oxazole rings is 1. The van der Waals surface area contributed by atoms with E-state index < -0.39 is 0 Å². The maximum atomic E-state index is 5.42. The van der Waals surface area contributed by atoms with Gasteiger partial charge in [-0.1, -0.05) is 12.0 Å². The first-order valence-electron chi connectivity index (χ1n) is 5.91. The van der Waals surface area contributed by atoms with E-state index in [2.05, 4.69) is 25.8 Å². The van der Waals surface area contributed by atoms with Crippen LogP contribution in [0.4, 0.5) is 6.01 Å². The second-order valence-electron chi connectivity index (χ2n) is 3.96. The third-order valence-electron chi connectivity index (χ3n) is 2.34. The van der Waals surface area contributed by atoms with E-state index in [1.807, 2.05) is 20.8 Å². The molecule has 18 heavy (non-hydrogen) atoms. The highest BCUT2D eigenvalue weighted by atomic mass is 16.4. The van der Waals surface area contributed by atoms with Crippen molar-refractivity contribution in [3.05, 3.63) is 23.7 Å². The number of aryl methyl sites for hydroxylation is 1. The number of hydrogen-bond donors (Lipinski definition) is 2. The molecular formula is C11H17N5O2. The molecule has 0 spiro atoms. The smallest absolute Gasteiger partial charge is 0.316 e. The molecule has 7 heteroatoms. The summed E-state index contributed by atoms with van der Waals surface area (Å²) in [4.78, 5) is 4.14. The van der Waals surface area contributed by atoms with Gasteiger partial charge < -0.3 is 19.5 Å². The van der Waals surface area contributed by atoms with Gasteiger partial charge in [-0.05, 0) is 20.4 Å². The summed E-state index contributed by atoms with van der Waals surface area (Å²) < 4.78 is 10.8. The quantitative estimate of drug-likeness (QED) is 0.806. The van der Waals surface area contributed by atoms with E-state index in [0.717, 1.165) is 12.3 Å². The summed E-state index contributed by atoms with van der Waals surface area (Å²) in [5.74, 6) is 1.92. The van der Waals surface area contributed by atoms with E-state index in [1.165, 1.54) is 0 Å². The molecule has 0 bridgehead atoms. The van der Waals surface area contributed by atoms with Crippen molar-refractivity contribution < 1.29 is 8.83 Å². The van der Waals surface area contributed by atoms with Gasteiger partial charge in [0.2, 0.25) is 11.8 Å². The highest BCUT2D eigenvalue weighted by Crippen LogP contribution is 2.17. The summed E-state index contributed by atoms with van der Waals surface area (Å²) in [7, 11) is 0. The second kappa shape index (κ2) is 5.63. The fraction of sp³-hybridized carbons (Fsp3) is 0.545. The molecule has 2 aromatic rings. The van der Waals surface area contributed by atoms with E-state index in [1.54, 1.807) is 6.20 Å². The molecule has 1 atom stereocenters. The Hall–Kier alpha value is -1.89. The van der Waals surface area contributed by atoms with Crippen LogP contribution in [-0.2, 0) is 6.54 Å². The van der Waals surface area contributed by atoms with Crippen molar-refractivity contribution in [1.82, 2.24) is 20.5 Å². The number of aromatic nitrogens is 3. The first kappa shape index (κ1) is 12.6. The standard InChI is InChI=1S/C11H17N5O2/c1-4-12-6-9-15-16-11(18-9)14-8(3)10-13-5-7(2)17-10/h5,8,12H,4,6H2,1-3H3,(H,14,16). The summed E-state index contributed by atoms with van der Waals surface area (Å²) in [6.07, 6.45) is 1.68. The predicted molar refractivity (Wildman–Crippen MR) is 65.0 cm³/mol. The lowest BCUT2D eigenvalue weighted by Gasteiger charge is -2.06. The average Bonchev–Trinajstić information content (AvgIpc) is 2.96. The molecule has 2 heterocycles. The SMILES string of the molecule is CCNCc1nnc(NC(C)c2ncc(C)o2)o1. The third-order valence-corrected chi connectivity index (χ3v) is 2.34. The van der Waals surface area contributed by atoms with Crippen LogP contribution in [0.5, 0.6) is 0 Å². The molecule has 0 radical (unpaired) electrons. The molecule has 0 fully saturated rings. The molecule has 0 saturated carbocycles. The van der Waals surface area contributed by atoms with Gasteiger partial charge in [0.1, 0.15) is 11.8 Å². The summed E-state index contributed by atoms with van der Waals surface area (Å²) in [6, 6.07) is 0.248. The van der Waals surface area contributed by atoms with Crippen molar-refractivity contribution in [1.29, 1.82) is 0 Å². The van der Waals surface area contributed by atoms with Crippen LogP contribution >= 0.6 is 0 Å². The molecule has 1 unspecified atom stereocenters. The maximum absolute atomic E-state index is 5.42. The van der Waals surface area contributed by atoms with Crippen LogP contribution in [0, 0.1) is 6.92 Å². The van der Waals surface area contributed by atoms with E-state index in [9.17, 15) is 0 Å². The molecule has 0 aliphatic carbocycles. The number of nitrogens with one attached hydrogen (secondary N) is 2. The van der Waals surface area contributed by atoms with E-state index in [4.69, 9.17) is 8.83 Å². The molecule has 0 aromatic carbocycles. The minimum Gasteiger partial charge on any atom is -0.444 e. The molecule has 0 saturated heterocycles. The molecule has 98 valence electrons. The molecule has 7 nitrogen and oxygen atoms in total. The topological polar surface area (TPSA) is 89.0 Å². The van der Waals surface area contributed by atoms with Crippen molar-refractivity contribution in [3.63, 3.8) is 0 Å². The van der Waals surface area contributed by atoms with E-state index in [-0.39, 0.29) is 6.04 Å². The highest BCUT2D eigenvalue weighted by Gasteiger charge is 2.14. The van der Waals surface area contributed by atoms with Gasteiger partial charge in [-0.2, -0.15) is 0 Å². The number of nitrogens with zero attached hydrogens (tertiary/aromatic N) is 3. The first-order chi connectivity index (χ1) is 8.69. The lowest BCUT2D eigenvalue weighted by atomic mass is 10.3. The van der Waals surface area contributed by atoms with Gasteiger partial charge in [-0.3, -0.25) is 0 Å². The zero-order chi connectivity index (χ0) is 13.0. The van der Waals surface area contributed by atoms with E-state index in [0.29, 0.717) is 24.3 Å². The number of anilines is 1. The van der Waals surface area contributed by atoms with Crippen LogP contribution in [0.3, 0.4) is 0 Å². The number of hydrogen-bond acceptors (Lipinski definition) is 7. The predicted octanol–water partition coefficient (Wildman–Crippen LogP) is 1.65. The van der Waals surface area contributed by atoms with Gasteiger partial charge in [0.15, 0.2) is 0 Å². The third kappa shape index (κ3) is 3.07. The Bertz CT molecular complexity index is 493. The lowest BCUT2D eigenvalue weighted by molar-refractivity contribution is 0.440. The average molecular weight is 251 g/mol. The Morgan fingerprint density at radius 3 is 2.83 bits per heavy atom. The normalized spacial score (nSPS) is 12.6. The van der Waals surface area contributed by atoms with Gasteiger partial charge in [-0.15, -0.1) is 5.10 Å². The summed E-state index contributed by atoms with van der Waals surface area (Å²) in [5, 5.41) is 14.0. The fourth-order valence-electron chi connectivity index (χ4n) is 1.43. The van der Waals surface area contributed by atoms with Gasteiger partial charge in [-0.25, -0.2) is 4.98 Å². The second-order valence-corrected chi connectivity index (χ2v) is 3.96. The summed E-state index contributed by atoms with van der Waals surface area (Å²) in [6.45, 7) is 7.21. The van der Waals surface area contributed by atoms with Crippen LogP contribution in [0.1, 0.15) is 37.4 Å². The monoisotopic (exact) mass is 251 g/mol. The highest BCUT2D eigenvalue weighted by molar-refractivity contribution is 5.21. The first-order valence-corrected chi connectivity index (χ1v) is 5.91. The minimum atomic E-state index is -0.119. The van der Waals surface area contributed by atoms with Crippen molar-refractivity contribution >= 4 is 6.01 Å². The van der Waals surface area contributed by atoms with Crippen LogP contribution in [0.25, 0.3) is 0 Å². The lowest BCUT2D eigenvalue weighted by Crippen LogP contribution is -2.11. The zero-order valence-corrected chi connectivity index (χ0v) is 10.7. The Labute approximate surface area is 105 Å². The molecule has 0 aliphatic heterocycles. The van der Waals surface area contributed by atoms with Gasteiger partial charge >= 0.3 is 6.01 Å². The van der Waals surface area contributed by atoms with Gasteiger partial charge in [0.05, 0.1) is 12.7 Å². The Morgan fingerprint density at radius 2 is 2.17 bits per heavy atom. The Kier molecular flexibility index (Phi) is 3.93. The largest absolute Gasteiger partial charge is 0.444 e. The van der Waals surface area contributed by atoms with Crippen molar-refractivity contribution in [2.75, 3.05) is 11.9 Å². The molecule has 2 rings (SSSR count). The van der Waals surface area contributed by atoms with Crippen LogP contribution in [0.2, 0.25) is 0 Å². The van der Waals surface area contributed by atoms with E-state index >= 15 is 0 Å². The van der Waals surface area contributed by atoms with Gasteiger partial charge in [0.25, 0.3) is 0 Å². The molecule has 2 N–H and O–H groups in total. The van der Waals surface area contributed by atoms with Crippen molar-refractivity contribution in [2.45, 2.75) is 33.4 Å². The number of rotatable bonds is 6. The van der Waals surface area contributed by atoms with Gasteiger partial charge in [0, 0.05) is 0 Å². The minimum absolute atomic E-state index is 0.119. The zero-order valence-electron chi connectivity index (χ0n) is 10.7. The molecule has 0 aliphatic rings. The fourth-order valence-corrected chi connectivity index (χ4v) is 1.43. The van der Waals surface area contributed by atoms with Crippen molar-refractivity contribution in [3.8, 4) is 0 Å². The summed E-state index contributed by atoms with van der Waals surface area (Å²) in [5.41, 5.74) is 0. The van der Waals surface area contributed by atoms with Crippen molar-refractivity contribution in [2.24, 2.45) is 0 Å². The Balaban J connectivity index is 1.94.